The van der Waals surface area contributed by atoms with E-state index in [1.54, 1.807) is 70.8 Å². The number of unbranched alkanes of at least 4 members (excludes halogenated alkanes) is 1. The number of ether oxygens (including phenoxy) is 4. The Hall–Kier alpha value is -14.1. The summed E-state index contributed by atoms with van der Waals surface area (Å²) in [5.41, 5.74) is 12.8. The molecule has 0 bridgehead atoms. The van der Waals surface area contributed by atoms with Gasteiger partial charge in [0.2, 0.25) is 12.7 Å². The second kappa shape index (κ2) is 40.9. The molecule has 19 rings (SSSR count). The Bertz CT molecular complexity index is 6750. The Morgan fingerprint density at radius 3 is 1.89 bits per heavy atom. The second-order valence-corrected chi connectivity index (χ2v) is 35.4. The highest BCUT2D eigenvalue weighted by Gasteiger charge is 2.45. The maximum Gasteiger partial charge on any atom is 0.344 e. The van der Waals surface area contributed by atoms with Crippen molar-refractivity contribution in [3.63, 3.8) is 0 Å². The number of amides is 2. The Labute approximate surface area is 769 Å². The van der Waals surface area contributed by atoms with E-state index >= 15 is 0 Å². The van der Waals surface area contributed by atoms with E-state index in [1.807, 2.05) is 68.1 Å². The van der Waals surface area contributed by atoms with Crippen LogP contribution < -0.4 is 31.2 Å². The summed E-state index contributed by atoms with van der Waals surface area (Å²) in [4.78, 5) is 107. The summed E-state index contributed by atoms with van der Waals surface area (Å²) in [6.07, 6.45) is 12.4. The van der Waals surface area contributed by atoms with Gasteiger partial charge in [-0.05, 0) is 248 Å². The minimum absolute atomic E-state index is 0.0173. The van der Waals surface area contributed by atoms with Gasteiger partial charge in [-0.3, -0.25) is 24.2 Å². The van der Waals surface area contributed by atoms with Crippen molar-refractivity contribution in [2.75, 3.05) is 71.2 Å². The molecule has 0 radical (unpaired) electrons. The van der Waals surface area contributed by atoms with E-state index in [4.69, 9.17) is 37.9 Å². The average molecular weight is 1790 g/mol. The third kappa shape index (κ3) is 20.0. The smallest absolute Gasteiger partial charge is 0.344 e. The molecule has 3 fully saturated rings. The number of carbonyl (C=O) groups excluding carboxylic acids is 4. The van der Waals surface area contributed by atoms with Crippen LogP contribution in [-0.4, -0.2) is 141 Å². The monoisotopic (exact) mass is 1790 g/mol. The lowest BCUT2D eigenvalue weighted by molar-refractivity contribution is -0.159. The number of esters is 2. The predicted molar refractivity (Wildman–Crippen MR) is 516 cm³/mol. The topological polar surface area (TPSA) is 293 Å². The summed E-state index contributed by atoms with van der Waals surface area (Å²) in [6, 6.07) is 67.6. The number of thiophene rings is 1. The molecule has 2 atom stereocenters. The van der Waals surface area contributed by atoms with Crippen molar-refractivity contribution in [1.29, 1.82) is 0 Å². The Morgan fingerprint density at radius 1 is 0.598 bits per heavy atom. The van der Waals surface area contributed by atoms with E-state index in [1.165, 1.54) is 112 Å². The molecule has 2 saturated heterocycles. The Morgan fingerprint density at radius 2 is 1.23 bits per heavy atom. The fraction of sp³-hybridized carbons (Fsp3) is 0.318. The number of likely N-dealkylation sites (tertiary alicyclic amines) is 1. The number of amidine groups is 1. The van der Waals surface area contributed by atoms with Crippen molar-refractivity contribution >= 4 is 94.4 Å². The van der Waals surface area contributed by atoms with Gasteiger partial charge in [0.25, 0.3) is 11.5 Å². The molecule has 0 spiro atoms. The van der Waals surface area contributed by atoms with Crippen LogP contribution in [0, 0.1) is 39.0 Å². The van der Waals surface area contributed by atoms with Gasteiger partial charge >= 0.3 is 23.2 Å². The number of aromatic nitrogens is 4. The normalized spacial score (nSPS) is 15.4. The van der Waals surface area contributed by atoms with Crippen LogP contribution in [0.2, 0.25) is 0 Å². The van der Waals surface area contributed by atoms with E-state index < -0.39 is 46.1 Å². The Balaban J connectivity index is 0.000000129. The highest BCUT2D eigenvalue weighted by Crippen LogP contribution is 2.44. The molecule has 4 aliphatic heterocycles. The number of anilines is 1. The van der Waals surface area contributed by atoms with Crippen LogP contribution in [0.25, 0.3) is 59.1 Å². The molecule has 2 N–H and O–H groups in total. The molecular weight excluding hydrogens is 1680 g/mol. The van der Waals surface area contributed by atoms with E-state index in [-0.39, 0.29) is 68.8 Å². The molecule has 9 aromatic carbocycles. The van der Waals surface area contributed by atoms with Gasteiger partial charge in [0.15, 0.2) is 11.5 Å². The van der Waals surface area contributed by atoms with Crippen molar-refractivity contribution in [3.8, 4) is 39.9 Å². The zero-order valence-electron chi connectivity index (χ0n) is 75.7. The van der Waals surface area contributed by atoms with E-state index in [2.05, 4.69) is 132 Å². The van der Waals surface area contributed by atoms with Gasteiger partial charge in [-0.2, -0.15) is 10.2 Å². The molecule has 24 nitrogen and oxygen atoms in total. The first kappa shape index (κ1) is 91.2. The lowest BCUT2D eigenvalue weighted by atomic mass is 9.75. The number of fused-ring (bicyclic) bond motifs is 6. The summed E-state index contributed by atoms with van der Waals surface area (Å²) in [7, 11) is 1.25. The number of methoxy groups -OCH3 is 1. The number of rotatable bonds is 24. The van der Waals surface area contributed by atoms with Crippen LogP contribution >= 0.6 is 11.3 Å². The second-order valence-electron chi connectivity index (χ2n) is 34.3. The summed E-state index contributed by atoms with van der Waals surface area (Å²) < 4.78 is 37.4. The van der Waals surface area contributed by atoms with Crippen LogP contribution in [0.1, 0.15) is 174 Å². The number of benzene rings is 9. The van der Waals surface area contributed by atoms with Gasteiger partial charge in [-0.25, -0.2) is 28.7 Å². The first-order valence-corrected chi connectivity index (χ1v) is 46.4. The minimum Gasteiger partial charge on any atom is -0.507 e. The van der Waals surface area contributed by atoms with Crippen molar-refractivity contribution in [2.45, 2.75) is 144 Å². The van der Waals surface area contributed by atoms with Crippen molar-refractivity contribution < 1.29 is 57.2 Å². The molecule has 132 heavy (non-hydrogen) atoms. The summed E-state index contributed by atoms with van der Waals surface area (Å²) in [6.45, 7) is 19.6. The van der Waals surface area contributed by atoms with Crippen LogP contribution in [0.3, 0.4) is 0 Å². The van der Waals surface area contributed by atoms with Gasteiger partial charge in [0, 0.05) is 84.0 Å². The van der Waals surface area contributed by atoms with Gasteiger partial charge in [0.1, 0.15) is 34.5 Å². The third-order valence-corrected chi connectivity index (χ3v) is 26.9. The summed E-state index contributed by atoms with van der Waals surface area (Å²) in [5.74, 6) is 0.102. The molecule has 5 aromatic heterocycles. The number of carbonyl (C=O) groups is 4. The summed E-state index contributed by atoms with van der Waals surface area (Å²) in [5, 5.41) is 34.1. The summed E-state index contributed by atoms with van der Waals surface area (Å²) >= 11 is 1.59. The SMILES string of the molecule is CCOC(=O)C1(CCCc2ccccc2)CCCN(C(=O)c2ccc3c(c2)OCO3)C1.CCc1ccc(N2CCN(C(=O)C(CC)n3nc(C)c4sc5ccccc5c4c3=O)CC2)cc1.COC(=O)c1ccc(C(c2c(O)c3ccccc3oc2=O)c2c(O)c3ccccc3oc2=O)cc1.Cc1cc(C)c(-c2cc(CCCCC3=NCC(C4CC4)=N3)n(-c3ccccc3)n2)cc1C. The van der Waals surface area contributed by atoms with Crippen LogP contribution in [-0.2, 0) is 38.3 Å². The largest absolute Gasteiger partial charge is 0.507 e. The quantitative estimate of drug-likeness (QED) is 0.0323. The number of piperazine rings is 1. The predicted octanol–water partition coefficient (Wildman–Crippen LogP) is 19.7. The maximum absolute atomic E-state index is 13.6. The van der Waals surface area contributed by atoms with Crippen LogP contribution in [0.4, 0.5) is 5.69 Å². The molecule has 2 unspecified atom stereocenters. The first-order chi connectivity index (χ1) is 64.1. The third-order valence-electron chi connectivity index (χ3n) is 25.6. The number of para-hydroxylation sites is 3. The lowest BCUT2D eigenvalue weighted by Gasteiger charge is -2.41. The maximum atomic E-state index is 13.6. The molecule has 678 valence electrons. The van der Waals surface area contributed by atoms with Gasteiger partial charge in [-0.1, -0.05) is 135 Å². The molecule has 1 aliphatic carbocycles. The highest BCUT2D eigenvalue weighted by atomic mass is 32.1. The number of nitrogens with zero attached hydrogens (tertiary/aromatic N) is 9. The molecule has 5 aliphatic rings. The highest BCUT2D eigenvalue weighted by molar-refractivity contribution is 7.26. The fourth-order valence-electron chi connectivity index (χ4n) is 18.2. The number of hydrogen-bond acceptors (Lipinski definition) is 21. The number of aromatic hydroxyl groups is 2. The Kier molecular flexibility index (Phi) is 28.3. The molecule has 25 heteroatoms. The zero-order chi connectivity index (χ0) is 92.3. The minimum atomic E-state index is -1.27. The van der Waals surface area contributed by atoms with Crippen LogP contribution in [0.15, 0.2) is 252 Å². The lowest BCUT2D eigenvalue weighted by Crippen LogP contribution is -2.51. The van der Waals surface area contributed by atoms with Crippen molar-refractivity contribution in [3.05, 3.63) is 317 Å². The van der Waals surface area contributed by atoms with Crippen LogP contribution in [0.5, 0.6) is 23.0 Å². The molecule has 2 amide bonds. The molecule has 1 saturated carbocycles. The molecule has 9 heterocycles. The van der Waals surface area contributed by atoms with Crippen molar-refractivity contribution in [1.82, 2.24) is 29.4 Å². The van der Waals surface area contributed by atoms with E-state index in [9.17, 15) is 43.8 Å². The first-order valence-electron chi connectivity index (χ1n) is 45.6. The number of aliphatic imine (C=N–C) groups is 2. The number of piperidine rings is 1. The molecular formula is C107H109N9O15S. The van der Waals surface area contributed by atoms with Gasteiger partial charge < -0.3 is 52.7 Å². The number of aryl methyl sites for hydroxylation is 7. The number of hydrogen-bond donors (Lipinski definition) is 2. The standard InChI is InChI=1S/C28H32N4.C27H30N4O2S.C27H18O8.C25H29NO5/c1-19-15-21(3)25(16-20(19)2)26-17-24(32(31-26)23-9-5-4-6-10-23)11-7-8-12-28-29-18-27(30-28)22-13-14-22;1-4-19-10-12-20(13-11-19)29-14-16-30(17-15-29)26(32)22(5-2)31-27(33)24-21-8-6-7-9-23(21)34-25(24)18(3)28-31;1-33-25(30)15-12-10-14(11-13-15)20(21-23(28)16-6-2-4-8-18(16)34-26(21)31)22-24(29)17-7-3-5-9-19(17)35-27(22)32;1-2-29-24(28)25(13-6-10-19-8-4-3-5-9-19)14-7-15-26(17-25)23(27)20-11-12-21-22(16-20)31-18-30-21/h4-6,9-10,15-17,22H,7-8,11-14,18H2,1-3H3;6-13,22H,4-5,14-17H2,1-3H3;2-13,20,28-29H,1H3;3-5,8-9,11-12,16H,2,6-7,10,13-15,17-18H2,1H3. The van der Waals surface area contributed by atoms with Crippen molar-refractivity contribution in [2.24, 2.45) is 21.3 Å². The fourth-order valence-corrected chi connectivity index (χ4v) is 19.3. The van der Waals surface area contributed by atoms with Gasteiger partial charge in [-0.15, -0.1) is 11.3 Å². The van der Waals surface area contributed by atoms with E-state index in [0.717, 1.165) is 121 Å². The average Bonchev–Trinajstić information content (AvgIpc) is 0.996. The van der Waals surface area contributed by atoms with E-state index in [0.29, 0.717) is 73.6 Å². The molecule has 14 aromatic rings. The van der Waals surface area contributed by atoms with Gasteiger partial charge in [0.05, 0.1) is 86.2 Å². The zero-order valence-corrected chi connectivity index (χ0v) is 76.5.